The van der Waals surface area contributed by atoms with E-state index in [9.17, 15) is 4.79 Å². The van der Waals surface area contributed by atoms with Gasteiger partial charge in [0.2, 0.25) is 5.91 Å². The summed E-state index contributed by atoms with van der Waals surface area (Å²) in [6.45, 7) is 1.91. The number of hydrogen-bond donors (Lipinski definition) is 1. The van der Waals surface area contributed by atoms with Crippen molar-refractivity contribution in [2.24, 2.45) is 5.73 Å². The molecule has 0 aliphatic carbocycles. The maximum absolute atomic E-state index is 12.8. The highest BCUT2D eigenvalue weighted by Crippen LogP contribution is 2.22. The molecule has 1 fully saturated rings. The number of carbonyl (C=O) groups is 1. The minimum atomic E-state index is -0.487. The minimum Gasteiger partial charge on any atom is -0.369 e. The third-order valence-electron chi connectivity index (χ3n) is 5.03. The Balaban J connectivity index is 1.61. The fraction of sp³-hybridized carbons (Fsp3) is 0.381. The highest BCUT2D eigenvalue weighted by Gasteiger charge is 2.28. The van der Waals surface area contributed by atoms with Gasteiger partial charge < -0.3 is 15.5 Å². The molecule has 0 spiro atoms. The van der Waals surface area contributed by atoms with Gasteiger partial charge in [0.15, 0.2) is 0 Å². The predicted octanol–water partition coefficient (Wildman–Crippen LogP) is 2.68. The summed E-state index contributed by atoms with van der Waals surface area (Å²) in [6, 6.07) is 20.1. The number of carbonyl (C=O) groups excluding carboxylic acids is 1. The summed E-state index contributed by atoms with van der Waals surface area (Å²) in [6.07, 6.45) is 2.70. The molecule has 0 aromatic heterocycles. The molecular formula is C21H27N3O. The fourth-order valence-electron chi connectivity index (χ4n) is 3.54. The van der Waals surface area contributed by atoms with E-state index in [1.165, 1.54) is 5.69 Å². The van der Waals surface area contributed by atoms with E-state index in [0.717, 1.165) is 31.5 Å². The summed E-state index contributed by atoms with van der Waals surface area (Å²) in [5, 5.41) is 0. The van der Waals surface area contributed by atoms with Crippen LogP contribution in [0.25, 0.3) is 0 Å². The van der Waals surface area contributed by atoms with E-state index >= 15 is 0 Å². The molecule has 2 N–H and O–H groups in total. The summed E-state index contributed by atoms with van der Waals surface area (Å²) >= 11 is 0. The second-order valence-corrected chi connectivity index (χ2v) is 6.82. The molecule has 3 rings (SSSR count). The van der Waals surface area contributed by atoms with Gasteiger partial charge in [-0.1, -0.05) is 48.5 Å². The number of hydrogen-bond acceptors (Lipinski definition) is 3. The smallest absolute Gasteiger partial charge is 0.239 e. The number of anilines is 1. The SMILES string of the molecule is CN(C(=O)C(N)Cc1ccccc1)C1CCCN(c2ccccc2)C1. The third-order valence-corrected chi connectivity index (χ3v) is 5.03. The van der Waals surface area contributed by atoms with Crippen LogP contribution in [0.15, 0.2) is 60.7 Å². The van der Waals surface area contributed by atoms with Gasteiger partial charge in [-0.05, 0) is 37.0 Å². The second-order valence-electron chi connectivity index (χ2n) is 6.82. The van der Waals surface area contributed by atoms with Crippen LogP contribution in [0, 0.1) is 0 Å². The summed E-state index contributed by atoms with van der Waals surface area (Å²) in [5.41, 5.74) is 8.52. The van der Waals surface area contributed by atoms with Crippen LogP contribution in [0.3, 0.4) is 0 Å². The van der Waals surface area contributed by atoms with Crippen molar-refractivity contribution in [2.75, 3.05) is 25.0 Å². The molecule has 25 heavy (non-hydrogen) atoms. The highest BCUT2D eigenvalue weighted by atomic mass is 16.2. The Bertz CT molecular complexity index is 674. The zero-order chi connectivity index (χ0) is 17.6. The Morgan fingerprint density at radius 1 is 1.16 bits per heavy atom. The Hall–Kier alpha value is -2.33. The molecule has 2 aromatic carbocycles. The van der Waals surface area contributed by atoms with Crippen molar-refractivity contribution in [1.29, 1.82) is 0 Å². The maximum atomic E-state index is 12.8. The number of nitrogens with zero attached hydrogens (tertiary/aromatic N) is 2. The molecule has 0 radical (unpaired) electrons. The zero-order valence-corrected chi connectivity index (χ0v) is 14.8. The van der Waals surface area contributed by atoms with E-state index in [1.807, 2.05) is 48.3 Å². The van der Waals surface area contributed by atoms with Crippen molar-refractivity contribution in [3.05, 3.63) is 66.2 Å². The molecule has 4 heteroatoms. The van der Waals surface area contributed by atoms with Crippen molar-refractivity contribution in [3.63, 3.8) is 0 Å². The first kappa shape index (κ1) is 17.5. The molecule has 1 heterocycles. The van der Waals surface area contributed by atoms with E-state index in [4.69, 9.17) is 5.73 Å². The molecule has 1 saturated heterocycles. The molecule has 0 saturated carbocycles. The lowest BCUT2D eigenvalue weighted by Crippen LogP contribution is -2.53. The van der Waals surface area contributed by atoms with Gasteiger partial charge in [-0.15, -0.1) is 0 Å². The standard InChI is InChI=1S/C21H27N3O/c1-23(21(25)20(22)15-17-9-4-2-5-10-17)19-13-8-14-24(16-19)18-11-6-3-7-12-18/h2-7,9-12,19-20H,8,13-16,22H2,1H3. The summed E-state index contributed by atoms with van der Waals surface area (Å²) < 4.78 is 0. The van der Waals surface area contributed by atoms with Gasteiger partial charge in [-0.3, -0.25) is 4.79 Å². The molecule has 1 aliphatic rings. The Labute approximate surface area is 150 Å². The van der Waals surface area contributed by atoms with Crippen LogP contribution in [-0.2, 0) is 11.2 Å². The molecule has 1 amide bonds. The van der Waals surface area contributed by atoms with Crippen LogP contribution < -0.4 is 10.6 Å². The quantitative estimate of drug-likeness (QED) is 0.912. The number of para-hydroxylation sites is 1. The van der Waals surface area contributed by atoms with Crippen molar-refractivity contribution in [1.82, 2.24) is 4.90 Å². The Morgan fingerprint density at radius 2 is 1.80 bits per heavy atom. The number of piperidine rings is 1. The van der Waals surface area contributed by atoms with Gasteiger partial charge >= 0.3 is 0 Å². The van der Waals surface area contributed by atoms with Gasteiger partial charge in [-0.2, -0.15) is 0 Å². The first-order valence-corrected chi connectivity index (χ1v) is 9.01. The Kier molecular flexibility index (Phi) is 5.71. The molecule has 0 bridgehead atoms. The minimum absolute atomic E-state index is 0.0313. The number of rotatable bonds is 5. The molecular weight excluding hydrogens is 310 g/mol. The third kappa shape index (κ3) is 4.40. The predicted molar refractivity (Wildman–Crippen MR) is 103 cm³/mol. The van der Waals surface area contributed by atoms with Crippen LogP contribution in [0.4, 0.5) is 5.69 Å². The number of nitrogens with two attached hydrogens (primary N) is 1. The van der Waals surface area contributed by atoms with Crippen LogP contribution in [0.2, 0.25) is 0 Å². The summed E-state index contributed by atoms with van der Waals surface area (Å²) in [5.74, 6) is 0.0313. The van der Waals surface area contributed by atoms with E-state index in [1.54, 1.807) is 0 Å². The average molecular weight is 337 g/mol. The maximum Gasteiger partial charge on any atom is 0.239 e. The summed E-state index contributed by atoms with van der Waals surface area (Å²) in [7, 11) is 1.90. The van der Waals surface area contributed by atoms with Crippen LogP contribution >= 0.6 is 0 Å². The average Bonchev–Trinajstić information content (AvgIpc) is 2.68. The van der Waals surface area contributed by atoms with Gasteiger partial charge in [0, 0.05) is 31.9 Å². The lowest BCUT2D eigenvalue weighted by molar-refractivity contribution is -0.133. The van der Waals surface area contributed by atoms with Gasteiger partial charge in [0.05, 0.1) is 6.04 Å². The van der Waals surface area contributed by atoms with E-state index in [0.29, 0.717) is 6.42 Å². The number of likely N-dealkylation sites (N-methyl/N-ethyl adjacent to an activating group) is 1. The Morgan fingerprint density at radius 3 is 2.48 bits per heavy atom. The lowest BCUT2D eigenvalue weighted by Gasteiger charge is -2.39. The molecule has 4 nitrogen and oxygen atoms in total. The van der Waals surface area contributed by atoms with Gasteiger partial charge in [0.25, 0.3) is 0 Å². The van der Waals surface area contributed by atoms with Crippen molar-refractivity contribution >= 4 is 11.6 Å². The fourth-order valence-corrected chi connectivity index (χ4v) is 3.54. The number of benzene rings is 2. The topological polar surface area (TPSA) is 49.6 Å². The molecule has 1 aliphatic heterocycles. The summed E-state index contributed by atoms with van der Waals surface area (Å²) in [4.78, 5) is 17.0. The van der Waals surface area contributed by atoms with Crippen LogP contribution in [-0.4, -0.2) is 43.0 Å². The van der Waals surface area contributed by atoms with E-state index in [2.05, 4.69) is 29.2 Å². The lowest BCUT2D eigenvalue weighted by atomic mass is 10.0. The van der Waals surface area contributed by atoms with Gasteiger partial charge in [-0.25, -0.2) is 0 Å². The van der Waals surface area contributed by atoms with E-state index < -0.39 is 6.04 Å². The molecule has 2 aromatic rings. The van der Waals surface area contributed by atoms with Crippen molar-refractivity contribution in [2.45, 2.75) is 31.3 Å². The zero-order valence-electron chi connectivity index (χ0n) is 14.8. The van der Waals surface area contributed by atoms with Gasteiger partial charge in [0.1, 0.15) is 0 Å². The van der Waals surface area contributed by atoms with Crippen molar-refractivity contribution < 1.29 is 4.79 Å². The highest BCUT2D eigenvalue weighted by molar-refractivity contribution is 5.82. The number of amides is 1. The molecule has 132 valence electrons. The normalized spacial score (nSPS) is 18.6. The second kappa shape index (κ2) is 8.17. The van der Waals surface area contributed by atoms with Crippen LogP contribution in [0.1, 0.15) is 18.4 Å². The molecule has 2 unspecified atom stereocenters. The molecule has 2 atom stereocenters. The van der Waals surface area contributed by atoms with E-state index in [-0.39, 0.29) is 11.9 Å². The van der Waals surface area contributed by atoms with Crippen LogP contribution in [0.5, 0.6) is 0 Å². The monoisotopic (exact) mass is 337 g/mol. The van der Waals surface area contributed by atoms with Crippen molar-refractivity contribution in [3.8, 4) is 0 Å². The first-order chi connectivity index (χ1) is 12.1. The largest absolute Gasteiger partial charge is 0.369 e. The first-order valence-electron chi connectivity index (χ1n) is 9.01.